The molecule has 0 spiro atoms. The zero-order valence-electron chi connectivity index (χ0n) is 9.67. The maximum absolute atomic E-state index is 13.6. The van der Waals surface area contributed by atoms with Crippen LogP contribution in [0.3, 0.4) is 0 Å². The van der Waals surface area contributed by atoms with Crippen molar-refractivity contribution < 1.29 is 4.39 Å². The van der Waals surface area contributed by atoms with Crippen LogP contribution in [0, 0.1) is 11.7 Å². The molecule has 1 aromatic carbocycles. The molecule has 0 heterocycles. The van der Waals surface area contributed by atoms with Crippen molar-refractivity contribution in [2.45, 2.75) is 38.6 Å². The van der Waals surface area contributed by atoms with Gasteiger partial charge in [-0.1, -0.05) is 12.8 Å². The number of rotatable bonds is 3. The van der Waals surface area contributed by atoms with Gasteiger partial charge in [0.2, 0.25) is 0 Å². The van der Waals surface area contributed by atoms with Crippen LogP contribution in [0.4, 0.5) is 15.8 Å². The first-order valence-corrected chi connectivity index (χ1v) is 5.98. The van der Waals surface area contributed by atoms with E-state index in [2.05, 4.69) is 12.2 Å². The maximum atomic E-state index is 13.6. The second-order valence-electron chi connectivity index (χ2n) is 4.72. The fourth-order valence-corrected chi connectivity index (χ4v) is 2.47. The van der Waals surface area contributed by atoms with Crippen LogP contribution in [0.5, 0.6) is 0 Å². The average Bonchev–Trinajstić information content (AvgIpc) is 2.75. The predicted molar refractivity (Wildman–Crippen MR) is 65.9 cm³/mol. The Hall–Kier alpha value is -1.25. The Kier molecular flexibility index (Phi) is 3.32. The summed E-state index contributed by atoms with van der Waals surface area (Å²) in [6, 6.07) is 5.15. The molecule has 3 N–H and O–H groups in total. The van der Waals surface area contributed by atoms with E-state index in [-0.39, 0.29) is 5.82 Å². The Morgan fingerprint density at radius 2 is 2.06 bits per heavy atom. The first-order chi connectivity index (χ1) is 7.66. The van der Waals surface area contributed by atoms with E-state index in [9.17, 15) is 4.39 Å². The molecule has 1 aromatic rings. The number of nitrogen functional groups attached to an aromatic ring is 1. The van der Waals surface area contributed by atoms with E-state index in [0.29, 0.717) is 23.3 Å². The van der Waals surface area contributed by atoms with Crippen molar-refractivity contribution in [3.63, 3.8) is 0 Å². The van der Waals surface area contributed by atoms with Gasteiger partial charge in [-0.3, -0.25) is 0 Å². The van der Waals surface area contributed by atoms with Crippen molar-refractivity contribution >= 4 is 11.4 Å². The number of nitrogens with two attached hydrogens (primary N) is 1. The van der Waals surface area contributed by atoms with E-state index in [1.165, 1.54) is 31.7 Å². The summed E-state index contributed by atoms with van der Waals surface area (Å²) in [6.07, 6.45) is 5.12. The van der Waals surface area contributed by atoms with E-state index in [0.717, 1.165) is 0 Å². The van der Waals surface area contributed by atoms with Gasteiger partial charge in [-0.15, -0.1) is 0 Å². The molecule has 0 saturated heterocycles. The lowest BCUT2D eigenvalue weighted by Crippen LogP contribution is -2.24. The zero-order chi connectivity index (χ0) is 11.5. The highest BCUT2D eigenvalue weighted by Crippen LogP contribution is 2.29. The molecular formula is C13H19FN2. The van der Waals surface area contributed by atoms with Crippen molar-refractivity contribution in [1.29, 1.82) is 0 Å². The standard InChI is InChI=1S/C13H19FN2/c1-9(10-4-2-3-5-10)16-13-7-6-11(15)8-12(13)14/h6-10,16H,2-5,15H2,1H3. The third kappa shape index (κ3) is 2.46. The van der Waals surface area contributed by atoms with Gasteiger partial charge in [0.15, 0.2) is 0 Å². The number of nitrogens with one attached hydrogen (secondary N) is 1. The van der Waals surface area contributed by atoms with Crippen molar-refractivity contribution in [1.82, 2.24) is 0 Å². The van der Waals surface area contributed by atoms with Gasteiger partial charge in [0, 0.05) is 11.7 Å². The maximum Gasteiger partial charge on any atom is 0.148 e. The first kappa shape index (κ1) is 11.2. The molecule has 1 aliphatic rings. The third-order valence-electron chi connectivity index (χ3n) is 3.48. The zero-order valence-corrected chi connectivity index (χ0v) is 9.67. The smallest absolute Gasteiger partial charge is 0.148 e. The number of benzene rings is 1. The lowest BCUT2D eigenvalue weighted by molar-refractivity contribution is 0.479. The summed E-state index contributed by atoms with van der Waals surface area (Å²) in [7, 11) is 0. The molecule has 1 atom stereocenters. The van der Waals surface area contributed by atoms with Gasteiger partial charge in [-0.2, -0.15) is 0 Å². The SMILES string of the molecule is CC(Nc1ccc(N)cc1F)C1CCCC1. The minimum absolute atomic E-state index is 0.259. The molecule has 1 fully saturated rings. The molecule has 3 heteroatoms. The van der Waals surface area contributed by atoms with Crippen molar-refractivity contribution in [2.24, 2.45) is 5.92 Å². The molecule has 0 radical (unpaired) electrons. The van der Waals surface area contributed by atoms with Gasteiger partial charge in [0.25, 0.3) is 0 Å². The van der Waals surface area contributed by atoms with E-state index in [1.807, 2.05) is 0 Å². The molecule has 1 saturated carbocycles. The summed E-state index contributed by atoms with van der Waals surface area (Å²) in [6.45, 7) is 2.13. The van der Waals surface area contributed by atoms with Gasteiger partial charge < -0.3 is 11.1 Å². The Morgan fingerprint density at radius 3 is 2.69 bits per heavy atom. The molecule has 16 heavy (non-hydrogen) atoms. The first-order valence-electron chi connectivity index (χ1n) is 5.98. The predicted octanol–water partition coefficient (Wildman–Crippen LogP) is 3.40. The quantitative estimate of drug-likeness (QED) is 0.769. The van der Waals surface area contributed by atoms with E-state index in [4.69, 9.17) is 5.73 Å². The largest absolute Gasteiger partial charge is 0.399 e. The third-order valence-corrected chi connectivity index (χ3v) is 3.48. The average molecular weight is 222 g/mol. The second kappa shape index (κ2) is 4.73. The summed E-state index contributed by atoms with van der Waals surface area (Å²) in [5.41, 5.74) is 6.55. The molecule has 88 valence electrons. The summed E-state index contributed by atoms with van der Waals surface area (Å²) < 4.78 is 13.6. The van der Waals surface area contributed by atoms with Crippen LogP contribution >= 0.6 is 0 Å². The van der Waals surface area contributed by atoms with Gasteiger partial charge in [0.05, 0.1) is 5.69 Å². The van der Waals surface area contributed by atoms with Crippen LogP contribution in [0.25, 0.3) is 0 Å². The van der Waals surface area contributed by atoms with Crippen LogP contribution in [0.2, 0.25) is 0 Å². The van der Waals surface area contributed by atoms with Gasteiger partial charge in [0.1, 0.15) is 5.82 Å². The topological polar surface area (TPSA) is 38.0 Å². The van der Waals surface area contributed by atoms with E-state index >= 15 is 0 Å². The minimum atomic E-state index is -0.259. The van der Waals surface area contributed by atoms with Crippen LogP contribution in [0.1, 0.15) is 32.6 Å². The van der Waals surface area contributed by atoms with Crippen LogP contribution < -0.4 is 11.1 Å². The minimum Gasteiger partial charge on any atom is -0.399 e. The molecule has 1 aliphatic carbocycles. The van der Waals surface area contributed by atoms with Crippen LogP contribution in [-0.2, 0) is 0 Å². The highest BCUT2D eigenvalue weighted by atomic mass is 19.1. The molecular weight excluding hydrogens is 203 g/mol. The summed E-state index contributed by atoms with van der Waals surface area (Å²) in [4.78, 5) is 0. The van der Waals surface area contributed by atoms with Crippen LogP contribution in [-0.4, -0.2) is 6.04 Å². The van der Waals surface area contributed by atoms with Gasteiger partial charge in [-0.25, -0.2) is 4.39 Å². The fraction of sp³-hybridized carbons (Fsp3) is 0.538. The molecule has 0 aliphatic heterocycles. The second-order valence-corrected chi connectivity index (χ2v) is 4.72. The molecule has 2 nitrogen and oxygen atoms in total. The lowest BCUT2D eigenvalue weighted by atomic mass is 9.99. The van der Waals surface area contributed by atoms with Gasteiger partial charge in [-0.05, 0) is 43.9 Å². The van der Waals surface area contributed by atoms with E-state index in [1.54, 1.807) is 12.1 Å². The highest BCUT2D eigenvalue weighted by molar-refractivity contribution is 5.53. The molecule has 0 bridgehead atoms. The number of hydrogen-bond acceptors (Lipinski definition) is 2. The highest BCUT2D eigenvalue weighted by Gasteiger charge is 2.21. The fourth-order valence-electron chi connectivity index (χ4n) is 2.47. The summed E-state index contributed by atoms with van der Waals surface area (Å²) in [5, 5.41) is 3.25. The number of hydrogen-bond donors (Lipinski definition) is 2. The van der Waals surface area contributed by atoms with Crippen molar-refractivity contribution in [3.8, 4) is 0 Å². The summed E-state index contributed by atoms with van der Waals surface area (Å²) in [5.74, 6) is 0.418. The molecule has 2 rings (SSSR count). The van der Waals surface area contributed by atoms with E-state index < -0.39 is 0 Å². The summed E-state index contributed by atoms with van der Waals surface area (Å²) >= 11 is 0. The Balaban J connectivity index is 2.02. The normalized spacial score (nSPS) is 18.6. The Bertz CT molecular complexity index is 359. The van der Waals surface area contributed by atoms with Gasteiger partial charge >= 0.3 is 0 Å². The Morgan fingerprint density at radius 1 is 1.38 bits per heavy atom. The number of anilines is 2. The molecule has 0 amide bonds. The molecule has 1 unspecified atom stereocenters. The Labute approximate surface area is 96.0 Å². The lowest BCUT2D eigenvalue weighted by Gasteiger charge is -2.21. The van der Waals surface area contributed by atoms with Crippen molar-refractivity contribution in [2.75, 3.05) is 11.1 Å². The monoisotopic (exact) mass is 222 g/mol. The van der Waals surface area contributed by atoms with Crippen LogP contribution in [0.15, 0.2) is 18.2 Å². The number of halogens is 1. The molecule has 0 aromatic heterocycles. The van der Waals surface area contributed by atoms with Crippen molar-refractivity contribution in [3.05, 3.63) is 24.0 Å².